The van der Waals surface area contributed by atoms with Crippen molar-refractivity contribution in [3.05, 3.63) is 30.1 Å². The van der Waals surface area contributed by atoms with E-state index in [0.29, 0.717) is 6.04 Å². The number of carbonyl (C=O) groups is 1. The van der Waals surface area contributed by atoms with E-state index >= 15 is 0 Å². The van der Waals surface area contributed by atoms with Crippen LogP contribution in [0.5, 0.6) is 0 Å². The molecule has 1 amide bonds. The smallest absolute Gasteiger partial charge is 0.246 e. The number of likely N-dealkylation sites (tertiary alicyclic amines) is 1. The zero-order chi connectivity index (χ0) is 16.1. The molecule has 3 rings (SSSR count). The second-order valence-electron chi connectivity index (χ2n) is 6.75. The Kier molecular flexibility index (Phi) is 5.62. The number of aromatic nitrogens is 1. The quantitative estimate of drug-likeness (QED) is 0.924. The Bertz CT molecular complexity index is 499. The number of amides is 1. The third-order valence-corrected chi connectivity index (χ3v) is 4.88. The van der Waals surface area contributed by atoms with Crippen molar-refractivity contribution < 1.29 is 4.79 Å². The van der Waals surface area contributed by atoms with E-state index in [4.69, 9.17) is 0 Å². The number of piperazine rings is 1. The number of pyridine rings is 1. The van der Waals surface area contributed by atoms with Crippen LogP contribution in [-0.4, -0.2) is 59.5 Å². The maximum absolute atomic E-state index is 13.3. The Morgan fingerprint density at radius 2 is 2.00 bits per heavy atom. The molecule has 2 atom stereocenters. The van der Waals surface area contributed by atoms with E-state index in [2.05, 4.69) is 27.0 Å². The SMILES string of the molecule is CC1CN(C(C(=O)N2CCCCCC2)c2ccccn2)CCN1. The Hall–Kier alpha value is -1.46. The Labute approximate surface area is 139 Å². The highest BCUT2D eigenvalue weighted by atomic mass is 16.2. The summed E-state index contributed by atoms with van der Waals surface area (Å²) in [6.45, 7) is 6.68. The lowest BCUT2D eigenvalue weighted by atomic mass is 10.1. The number of carbonyl (C=O) groups excluding carboxylic acids is 1. The summed E-state index contributed by atoms with van der Waals surface area (Å²) in [6.07, 6.45) is 6.52. The van der Waals surface area contributed by atoms with E-state index in [-0.39, 0.29) is 11.9 Å². The highest BCUT2D eigenvalue weighted by Crippen LogP contribution is 2.24. The lowest BCUT2D eigenvalue weighted by Gasteiger charge is -2.38. The minimum Gasteiger partial charge on any atom is -0.341 e. The van der Waals surface area contributed by atoms with Crippen LogP contribution in [0.25, 0.3) is 0 Å². The number of rotatable bonds is 3. The molecule has 0 aliphatic carbocycles. The summed E-state index contributed by atoms with van der Waals surface area (Å²) in [6, 6.07) is 6.06. The van der Waals surface area contributed by atoms with Gasteiger partial charge < -0.3 is 10.2 Å². The predicted molar refractivity (Wildman–Crippen MR) is 91.1 cm³/mol. The first-order valence-corrected chi connectivity index (χ1v) is 8.93. The minimum absolute atomic E-state index is 0.236. The van der Waals surface area contributed by atoms with Crippen molar-refractivity contribution >= 4 is 5.91 Å². The summed E-state index contributed by atoms with van der Waals surface area (Å²) in [5, 5.41) is 3.46. The molecule has 0 aromatic carbocycles. The molecule has 0 spiro atoms. The standard InChI is InChI=1S/C18H28N4O/c1-15-14-22(13-10-19-15)17(16-8-4-5-9-20-16)18(23)21-11-6-2-3-7-12-21/h4-5,8-9,15,17,19H,2-3,6-7,10-14H2,1H3. The van der Waals surface area contributed by atoms with E-state index in [1.54, 1.807) is 6.20 Å². The van der Waals surface area contributed by atoms with Crippen molar-refractivity contribution in [2.24, 2.45) is 0 Å². The van der Waals surface area contributed by atoms with Gasteiger partial charge in [-0.2, -0.15) is 0 Å². The number of nitrogens with zero attached hydrogens (tertiary/aromatic N) is 3. The highest BCUT2D eigenvalue weighted by Gasteiger charge is 2.34. The van der Waals surface area contributed by atoms with Gasteiger partial charge in [0.15, 0.2) is 0 Å². The van der Waals surface area contributed by atoms with Gasteiger partial charge in [-0.05, 0) is 31.9 Å². The minimum atomic E-state index is -0.237. The molecule has 2 saturated heterocycles. The number of hydrogen-bond donors (Lipinski definition) is 1. The summed E-state index contributed by atoms with van der Waals surface area (Å²) in [5.41, 5.74) is 0.885. The molecular weight excluding hydrogens is 288 g/mol. The van der Waals surface area contributed by atoms with Gasteiger partial charge in [0, 0.05) is 45.0 Å². The average molecular weight is 316 g/mol. The normalized spacial score (nSPS) is 24.9. The van der Waals surface area contributed by atoms with Crippen molar-refractivity contribution in [1.82, 2.24) is 20.1 Å². The number of nitrogens with one attached hydrogen (secondary N) is 1. The average Bonchev–Trinajstić information content (AvgIpc) is 2.85. The van der Waals surface area contributed by atoms with Gasteiger partial charge in [-0.25, -0.2) is 0 Å². The molecule has 23 heavy (non-hydrogen) atoms. The first-order valence-electron chi connectivity index (χ1n) is 8.93. The summed E-state index contributed by atoms with van der Waals surface area (Å²) in [7, 11) is 0. The largest absolute Gasteiger partial charge is 0.341 e. The fraction of sp³-hybridized carbons (Fsp3) is 0.667. The molecule has 5 nitrogen and oxygen atoms in total. The van der Waals surface area contributed by atoms with Crippen molar-refractivity contribution in [2.45, 2.75) is 44.7 Å². The summed E-state index contributed by atoms with van der Waals surface area (Å²) < 4.78 is 0. The van der Waals surface area contributed by atoms with Gasteiger partial charge >= 0.3 is 0 Å². The van der Waals surface area contributed by atoms with Crippen LogP contribution in [-0.2, 0) is 4.79 Å². The molecule has 1 N–H and O–H groups in total. The van der Waals surface area contributed by atoms with Crippen LogP contribution in [0.15, 0.2) is 24.4 Å². The van der Waals surface area contributed by atoms with Gasteiger partial charge in [0.25, 0.3) is 0 Å². The van der Waals surface area contributed by atoms with Gasteiger partial charge in [-0.15, -0.1) is 0 Å². The molecule has 0 bridgehead atoms. The summed E-state index contributed by atoms with van der Waals surface area (Å²) >= 11 is 0. The Balaban J connectivity index is 1.83. The second kappa shape index (κ2) is 7.88. The number of hydrogen-bond acceptors (Lipinski definition) is 4. The van der Waals surface area contributed by atoms with Crippen LogP contribution in [0.1, 0.15) is 44.3 Å². The zero-order valence-electron chi connectivity index (χ0n) is 14.1. The molecule has 126 valence electrons. The maximum Gasteiger partial charge on any atom is 0.246 e. The van der Waals surface area contributed by atoms with Crippen LogP contribution in [0.4, 0.5) is 0 Å². The van der Waals surface area contributed by atoms with Crippen LogP contribution in [0.2, 0.25) is 0 Å². The Morgan fingerprint density at radius 3 is 2.65 bits per heavy atom. The molecule has 1 aromatic heterocycles. The zero-order valence-corrected chi connectivity index (χ0v) is 14.1. The molecule has 1 aromatic rings. The van der Waals surface area contributed by atoms with E-state index in [0.717, 1.165) is 51.3 Å². The van der Waals surface area contributed by atoms with Gasteiger partial charge in [0.1, 0.15) is 6.04 Å². The molecule has 2 fully saturated rings. The topological polar surface area (TPSA) is 48.5 Å². The van der Waals surface area contributed by atoms with Gasteiger partial charge in [0.05, 0.1) is 5.69 Å². The molecule has 0 saturated carbocycles. The maximum atomic E-state index is 13.3. The van der Waals surface area contributed by atoms with E-state index in [1.165, 1.54) is 12.8 Å². The Morgan fingerprint density at radius 1 is 1.22 bits per heavy atom. The monoisotopic (exact) mass is 316 g/mol. The fourth-order valence-electron chi connectivity index (χ4n) is 3.67. The van der Waals surface area contributed by atoms with Crippen molar-refractivity contribution in [1.29, 1.82) is 0 Å². The summed E-state index contributed by atoms with van der Waals surface area (Å²) in [4.78, 5) is 22.2. The van der Waals surface area contributed by atoms with Crippen LogP contribution < -0.4 is 5.32 Å². The molecule has 2 unspecified atom stereocenters. The fourth-order valence-corrected chi connectivity index (χ4v) is 3.67. The third kappa shape index (κ3) is 4.09. The van der Waals surface area contributed by atoms with Crippen molar-refractivity contribution in [2.75, 3.05) is 32.7 Å². The van der Waals surface area contributed by atoms with Crippen LogP contribution >= 0.6 is 0 Å². The molecule has 0 radical (unpaired) electrons. The second-order valence-corrected chi connectivity index (χ2v) is 6.75. The van der Waals surface area contributed by atoms with Gasteiger partial charge in [0.2, 0.25) is 5.91 Å². The van der Waals surface area contributed by atoms with Crippen LogP contribution in [0, 0.1) is 0 Å². The van der Waals surface area contributed by atoms with Crippen molar-refractivity contribution in [3.63, 3.8) is 0 Å². The third-order valence-electron chi connectivity index (χ3n) is 4.88. The first-order chi connectivity index (χ1) is 11.3. The van der Waals surface area contributed by atoms with Gasteiger partial charge in [-0.3, -0.25) is 14.7 Å². The van der Waals surface area contributed by atoms with Crippen LogP contribution in [0.3, 0.4) is 0 Å². The predicted octanol–water partition coefficient (Wildman–Crippen LogP) is 1.82. The molecule has 2 aliphatic rings. The lowest BCUT2D eigenvalue weighted by molar-refractivity contribution is -0.138. The van der Waals surface area contributed by atoms with E-state index in [9.17, 15) is 4.79 Å². The molecular formula is C18H28N4O. The molecule has 5 heteroatoms. The van der Waals surface area contributed by atoms with Crippen molar-refractivity contribution in [3.8, 4) is 0 Å². The lowest BCUT2D eigenvalue weighted by Crippen LogP contribution is -2.54. The first kappa shape index (κ1) is 16.4. The molecule has 3 heterocycles. The highest BCUT2D eigenvalue weighted by molar-refractivity contribution is 5.83. The van der Waals surface area contributed by atoms with E-state index in [1.807, 2.05) is 18.2 Å². The summed E-state index contributed by atoms with van der Waals surface area (Å²) in [5.74, 6) is 0.236. The van der Waals surface area contributed by atoms with Gasteiger partial charge in [-0.1, -0.05) is 18.9 Å². The molecule has 2 aliphatic heterocycles. The van der Waals surface area contributed by atoms with E-state index < -0.39 is 0 Å².